The van der Waals surface area contributed by atoms with Crippen molar-refractivity contribution in [2.45, 2.75) is 13.3 Å². The van der Waals surface area contributed by atoms with Crippen LogP contribution in [0, 0.1) is 0 Å². The zero-order chi connectivity index (χ0) is 16.7. The van der Waals surface area contributed by atoms with E-state index in [2.05, 4.69) is 5.32 Å². The van der Waals surface area contributed by atoms with Gasteiger partial charge in [-0.1, -0.05) is 13.0 Å². The number of hydrogen-bond donors (Lipinski definition) is 2. The summed E-state index contributed by atoms with van der Waals surface area (Å²) in [6.45, 7) is 1.89. The van der Waals surface area contributed by atoms with Gasteiger partial charge in [-0.2, -0.15) is 0 Å². The lowest BCUT2D eigenvalue weighted by Crippen LogP contribution is -2.36. The van der Waals surface area contributed by atoms with Crippen molar-refractivity contribution in [3.05, 3.63) is 29.8 Å². The summed E-state index contributed by atoms with van der Waals surface area (Å²) in [4.78, 5) is 37.5. The molecule has 1 aromatic carbocycles. The van der Waals surface area contributed by atoms with Crippen LogP contribution >= 0.6 is 0 Å². The Hall–Kier alpha value is -2.57. The number of amides is 3. The Morgan fingerprint density at radius 1 is 1.23 bits per heavy atom. The van der Waals surface area contributed by atoms with Crippen molar-refractivity contribution in [1.82, 2.24) is 9.80 Å². The molecule has 0 radical (unpaired) electrons. The predicted octanol–water partition coefficient (Wildman–Crippen LogP) is 1.72. The Bertz CT molecular complexity index is 557. The van der Waals surface area contributed by atoms with Crippen LogP contribution in [0.3, 0.4) is 0 Å². The van der Waals surface area contributed by atoms with Gasteiger partial charge in [0.15, 0.2) is 0 Å². The molecule has 0 fully saturated rings. The Kier molecular flexibility index (Phi) is 6.37. The first-order chi connectivity index (χ1) is 10.3. The number of aliphatic carboxylic acids is 1. The minimum atomic E-state index is -1.06. The first-order valence-corrected chi connectivity index (χ1v) is 6.94. The third-order valence-corrected chi connectivity index (χ3v) is 2.87. The smallest absolute Gasteiger partial charge is 0.323 e. The van der Waals surface area contributed by atoms with Gasteiger partial charge in [0.2, 0.25) is 0 Å². The number of carboxylic acid groups (broad SMARTS) is 1. The molecule has 120 valence electrons. The van der Waals surface area contributed by atoms with E-state index in [-0.39, 0.29) is 18.5 Å². The van der Waals surface area contributed by atoms with Crippen LogP contribution in [0.25, 0.3) is 0 Å². The first kappa shape index (κ1) is 17.5. The van der Waals surface area contributed by atoms with Crippen LogP contribution in [-0.2, 0) is 4.79 Å². The van der Waals surface area contributed by atoms with E-state index in [9.17, 15) is 14.4 Å². The number of rotatable bonds is 6. The van der Waals surface area contributed by atoms with Crippen molar-refractivity contribution in [2.24, 2.45) is 0 Å². The fraction of sp³-hybridized carbons (Fsp3) is 0.400. The number of carbonyl (C=O) groups is 3. The molecule has 0 bridgehead atoms. The van der Waals surface area contributed by atoms with Gasteiger partial charge in [0.25, 0.3) is 5.91 Å². The van der Waals surface area contributed by atoms with Crippen molar-refractivity contribution in [2.75, 3.05) is 32.5 Å². The van der Waals surface area contributed by atoms with Crippen LogP contribution < -0.4 is 5.32 Å². The molecule has 3 amide bonds. The molecule has 22 heavy (non-hydrogen) atoms. The maximum Gasteiger partial charge on any atom is 0.323 e. The van der Waals surface area contributed by atoms with E-state index in [0.717, 1.165) is 0 Å². The van der Waals surface area contributed by atoms with Gasteiger partial charge in [-0.3, -0.25) is 9.59 Å². The predicted molar refractivity (Wildman–Crippen MR) is 83.0 cm³/mol. The van der Waals surface area contributed by atoms with Crippen molar-refractivity contribution in [3.8, 4) is 0 Å². The van der Waals surface area contributed by atoms with Gasteiger partial charge in [0, 0.05) is 31.9 Å². The third kappa shape index (κ3) is 5.08. The van der Waals surface area contributed by atoms with Crippen LogP contribution in [0.4, 0.5) is 10.5 Å². The van der Waals surface area contributed by atoms with Gasteiger partial charge in [-0.05, 0) is 24.6 Å². The SMILES string of the molecule is CCCN(CC(=O)O)C(=O)c1cccc(NC(=O)N(C)C)c1. The summed E-state index contributed by atoms with van der Waals surface area (Å²) in [6.07, 6.45) is 0.663. The molecule has 0 heterocycles. The van der Waals surface area contributed by atoms with Crippen molar-refractivity contribution in [1.29, 1.82) is 0 Å². The van der Waals surface area contributed by atoms with Crippen molar-refractivity contribution in [3.63, 3.8) is 0 Å². The molecule has 2 N–H and O–H groups in total. The van der Waals surface area contributed by atoms with Crippen LogP contribution in [0.15, 0.2) is 24.3 Å². The standard InChI is InChI=1S/C15H21N3O4/c1-4-8-18(10-13(19)20)14(21)11-6-5-7-12(9-11)16-15(22)17(2)3/h5-7,9H,4,8,10H2,1-3H3,(H,16,22)(H,19,20). The maximum absolute atomic E-state index is 12.4. The Balaban J connectivity index is 2.92. The summed E-state index contributed by atoms with van der Waals surface area (Å²) in [5.41, 5.74) is 0.822. The third-order valence-electron chi connectivity index (χ3n) is 2.87. The highest BCUT2D eigenvalue weighted by Crippen LogP contribution is 2.13. The number of anilines is 1. The number of benzene rings is 1. The second kappa shape index (κ2) is 8.02. The zero-order valence-electron chi connectivity index (χ0n) is 13.0. The number of carboxylic acids is 1. The van der Waals surface area contributed by atoms with E-state index in [1.165, 1.54) is 15.9 Å². The normalized spacial score (nSPS) is 9.95. The van der Waals surface area contributed by atoms with Gasteiger partial charge in [0.05, 0.1) is 0 Å². The highest BCUT2D eigenvalue weighted by molar-refractivity contribution is 5.98. The molecule has 0 aliphatic carbocycles. The average molecular weight is 307 g/mol. The van der Waals surface area contributed by atoms with Gasteiger partial charge in [-0.15, -0.1) is 0 Å². The highest BCUT2D eigenvalue weighted by Gasteiger charge is 2.18. The molecular formula is C15H21N3O4. The molecule has 0 unspecified atom stereocenters. The molecule has 0 aliphatic rings. The number of nitrogens with one attached hydrogen (secondary N) is 1. The van der Waals surface area contributed by atoms with Crippen LogP contribution in [0.2, 0.25) is 0 Å². The van der Waals surface area contributed by atoms with E-state index in [1.807, 2.05) is 6.92 Å². The fourth-order valence-electron chi connectivity index (χ4n) is 1.83. The summed E-state index contributed by atoms with van der Waals surface area (Å²) in [5, 5.41) is 11.5. The van der Waals surface area contributed by atoms with Crippen molar-refractivity contribution < 1.29 is 19.5 Å². The topological polar surface area (TPSA) is 90.0 Å². The summed E-state index contributed by atoms with van der Waals surface area (Å²) in [5.74, 6) is -1.43. The Labute approximate surface area is 129 Å². The largest absolute Gasteiger partial charge is 0.480 e. The summed E-state index contributed by atoms with van der Waals surface area (Å²) >= 11 is 0. The molecule has 0 spiro atoms. The zero-order valence-corrected chi connectivity index (χ0v) is 13.0. The molecule has 1 aromatic rings. The van der Waals surface area contributed by atoms with Gasteiger partial charge >= 0.3 is 12.0 Å². The number of carbonyl (C=O) groups excluding carboxylic acids is 2. The molecule has 0 aromatic heterocycles. The first-order valence-electron chi connectivity index (χ1n) is 6.94. The van der Waals surface area contributed by atoms with E-state index < -0.39 is 5.97 Å². The Morgan fingerprint density at radius 2 is 1.91 bits per heavy atom. The monoisotopic (exact) mass is 307 g/mol. The lowest BCUT2D eigenvalue weighted by molar-refractivity contribution is -0.137. The second-order valence-corrected chi connectivity index (χ2v) is 5.03. The van der Waals surface area contributed by atoms with E-state index in [1.54, 1.807) is 32.3 Å². The molecule has 1 rings (SSSR count). The minimum Gasteiger partial charge on any atom is -0.480 e. The van der Waals surface area contributed by atoms with Crippen LogP contribution in [0.5, 0.6) is 0 Å². The molecule has 0 saturated carbocycles. The molecule has 0 atom stereocenters. The van der Waals surface area contributed by atoms with Gasteiger partial charge in [-0.25, -0.2) is 4.79 Å². The minimum absolute atomic E-state index is 0.305. The maximum atomic E-state index is 12.4. The van der Waals surface area contributed by atoms with E-state index >= 15 is 0 Å². The van der Waals surface area contributed by atoms with Gasteiger partial charge < -0.3 is 20.2 Å². The molecule has 0 aliphatic heterocycles. The highest BCUT2D eigenvalue weighted by atomic mass is 16.4. The second-order valence-electron chi connectivity index (χ2n) is 5.03. The summed E-state index contributed by atoms with van der Waals surface area (Å²) in [6, 6.07) is 6.13. The van der Waals surface area contributed by atoms with Crippen molar-refractivity contribution >= 4 is 23.6 Å². The van der Waals surface area contributed by atoms with Crippen LogP contribution in [0.1, 0.15) is 23.7 Å². The van der Waals surface area contributed by atoms with E-state index in [0.29, 0.717) is 24.2 Å². The van der Waals surface area contributed by atoms with Crippen LogP contribution in [-0.4, -0.2) is 60.0 Å². The van der Waals surface area contributed by atoms with E-state index in [4.69, 9.17) is 5.11 Å². The quantitative estimate of drug-likeness (QED) is 0.837. The summed E-state index contributed by atoms with van der Waals surface area (Å²) < 4.78 is 0. The fourth-order valence-corrected chi connectivity index (χ4v) is 1.83. The molecule has 0 saturated heterocycles. The number of urea groups is 1. The number of hydrogen-bond acceptors (Lipinski definition) is 3. The lowest BCUT2D eigenvalue weighted by Gasteiger charge is -2.20. The summed E-state index contributed by atoms with van der Waals surface area (Å²) in [7, 11) is 3.22. The molecule has 7 heteroatoms. The lowest BCUT2D eigenvalue weighted by atomic mass is 10.1. The van der Waals surface area contributed by atoms with Gasteiger partial charge in [0.1, 0.15) is 6.54 Å². The number of nitrogens with zero attached hydrogens (tertiary/aromatic N) is 2. The molecular weight excluding hydrogens is 286 g/mol. The average Bonchev–Trinajstić information content (AvgIpc) is 2.45. The Morgan fingerprint density at radius 3 is 2.45 bits per heavy atom. The molecule has 7 nitrogen and oxygen atoms in total.